The van der Waals surface area contributed by atoms with E-state index >= 15 is 0 Å². The number of fused-ring (bicyclic) bond motifs is 2. The Kier molecular flexibility index (Phi) is 3.39. The molecule has 5 N–H and O–H groups in total. The zero-order valence-corrected chi connectivity index (χ0v) is 12.4. The van der Waals surface area contributed by atoms with Crippen molar-refractivity contribution in [2.75, 3.05) is 5.32 Å². The number of hydrogen-bond donors (Lipinski definition) is 4. The molecule has 9 nitrogen and oxygen atoms in total. The number of anilines is 1. The Morgan fingerprint density at radius 3 is 2.67 bits per heavy atom. The van der Waals surface area contributed by atoms with Crippen molar-refractivity contribution in [2.45, 2.75) is 25.0 Å². The van der Waals surface area contributed by atoms with Crippen molar-refractivity contribution in [3.63, 3.8) is 0 Å². The molecule has 0 aliphatic carbocycles. The van der Waals surface area contributed by atoms with Gasteiger partial charge in [-0.15, -0.1) is 0 Å². The lowest BCUT2D eigenvalue weighted by Crippen LogP contribution is -2.53. The number of ether oxygens (including phenoxy) is 1. The van der Waals surface area contributed by atoms with Crippen LogP contribution in [0.15, 0.2) is 12.1 Å². The van der Waals surface area contributed by atoms with E-state index in [-0.39, 0.29) is 23.4 Å². The highest BCUT2D eigenvalue weighted by Crippen LogP contribution is 2.45. The molecule has 2 atom stereocenters. The molecule has 3 rings (SSSR count). The molecular formula is C14H13FN4O5. The Hall–Kier alpha value is -3.17. The summed E-state index contributed by atoms with van der Waals surface area (Å²) in [6, 6.07) is 1.19. The quantitative estimate of drug-likeness (QED) is 0.537. The van der Waals surface area contributed by atoms with Crippen molar-refractivity contribution in [2.24, 2.45) is 5.73 Å². The number of hydrogen-bond acceptors (Lipinski definition) is 5. The van der Waals surface area contributed by atoms with Crippen LogP contribution in [0.3, 0.4) is 0 Å². The average molecular weight is 336 g/mol. The van der Waals surface area contributed by atoms with E-state index in [1.807, 2.05) is 0 Å². The van der Waals surface area contributed by atoms with Crippen LogP contribution in [0, 0.1) is 5.82 Å². The van der Waals surface area contributed by atoms with Gasteiger partial charge in [-0.2, -0.15) is 0 Å². The fraction of sp³-hybridized carbons (Fsp3) is 0.286. The minimum absolute atomic E-state index is 0.00731. The largest absolute Gasteiger partial charge is 0.478 e. The molecule has 0 aromatic heterocycles. The minimum atomic E-state index is -1.71. The summed E-state index contributed by atoms with van der Waals surface area (Å²) >= 11 is 0. The molecule has 2 heterocycles. The molecule has 2 aliphatic heterocycles. The lowest BCUT2D eigenvalue weighted by molar-refractivity contribution is -0.130. The molecule has 10 heteroatoms. The summed E-state index contributed by atoms with van der Waals surface area (Å²) in [7, 11) is 0. The van der Waals surface area contributed by atoms with Gasteiger partial charge in [0.15, 0.2) is 11.6 Å². The van der Waals surface area contributed by atoms with Gasteiger partial charge < -0.3 is 21.1 Å². The van der Waals surface area contributed by atoms with Gasteiger partial charge in [0.2, 0.25) is 5.91 Å². The van der Waals surface area contributed by atoms with Crippen LogP contribution in [-0.2, 0) is 19.9 Å². The molecule has 1 spiro atoms. The molecule has 1 fully saturated rings. The van der Waals surface area contributed by atoms with Gasteiger partial charge >= 0.3 is 6.03 Å². The highest BCUT2D eigenvalue weighted by molar-refractivity contribution is 6.08. The molecule has 126 valence electrons. The third kappa shape index (κ3) is 2.32. The summed E-state index contributed by atoms with van der Waals surface area (Å²) in [4.78, 5) is 46.8. The first-order chi connectivity index (χ1) is 11.2. The minimum Gasteiger partial charge on any atom is -0.478 e. The third-order valence-corrected chi connectivity index (χ3v) is 3.83. The van der Waals surface area contributed by atoms with Crippen LogP contribution < -0.4 is 26.4 Å². The van der Waals surface area contributed by atoms with E-state index < -0.39 is 41.2 Å². The van der Waals surface area contributed by atoms with Crippen LogP contribution in [0.4, 0.5) is 14.9 Å². The highest BCUT2D eigenvalue weighted by Gasteiger charge is 2.55. The van der Waals surface area contributed by atoms with Crippen molar-refractivity contribution < 1.29 is 28.3 Å². The molecule has 0 radical (unpaired) electrons. The van der Waals surface area contributed by atoms with Crippen molar-refractivity contribution in [3.8, 4) is 5.75 Å². The Labute approximate surface area is 134 Å². The Morgan fingerprint density at radius 2 is 2.12 bits per heavy atom. The summed E-state index contributed by atoms with van der Waals surface area (Å²) in [5.74, 6) is -3.00. The smallest absolute Gasteiger partial charge is 0.322 e. The van der Waals surface area contributed by atoms with Crippen LogP contribution in [0.5, 0.6) is 5.75 Å². The number of carbonyl (C=O) groups is 4. The number of rotatable bonds is 2. The number of urea groups is 1. The second-order valence-corrected chi connectivity index (χ2v) is 5.54. The summed E-state index contributed by atoms with van der Waals surface area (Å²) in [6.07, 6.45) is -1.55. The molecule has 5 amide bonds. The topological polar surface area (TPSA) is 140 Å². The van der Waals surface area contributed by atoms with Crippen LogP contribution in [-0.4, -0.2) is 29.9 Å². The van der Waals surface area contributed by atoms with Crippen LogP contribution in [0.1, 0.15) is 18.9 Å². The lowest BCUT2D eigenvalue weighted by Gasteiger charge is -2.37. The molecule has 1 unspecified atom stereocenters. The average Bonchev–Trinajstić information content (AvgIpc) is 2.73. The third-order valence-electron chi connectivity index (χ3n) is 3.83. The molecule has 0 bridgehead atoms. The molecule has 1 aromatic rings. The van der Waals surface area contributed by atoms with E-state index in [0.717, 1.165) is 12.1 Å². The van der Waals surface area contributed by atoms with Gasteiger partial charge in [-0.3, -0.25) is 19.7 Å². The Bertz CT molecular complexity index is 796. The zero-order chi connectivity index (χ0) is 17.6. The van der Waals surface area contributed by atoms with Crippen LogP contribution in [0.2, 0.25) is 0 Å². The van der Waals surface area contributed by atoms with E-state index in [0.29, 0.717) is 0 Å². The summed E-state index contributed by atoms with van der Waals surface area (Å²) in [5.41, 5.74) is 3.48. The van der Waals surface area contributed by atoms with Gasteiger partial charge in [-0.25, -0.2) is 9.18 Å². The SMILES string of the molecule is CC(=O)Nc1cc(F)cc2c1O[C@@H](C(N)=O)CC21NC(=O)NC1=O. The van der Waals surface area contributed by atoms with E-state index in [1.54, 1.807) is 0 Å². The Balaban J connectivity index is 2.23. The molecular weight excluding hydrogens is 323 g/mol. The molecule has 2 aliphatic rings. The predicted molar refractivity (Wildman–Crippen MR) is 77.3 cm³/mol. The first-order valence-electron chi connectivity index (χ1n) is 6.94. The van der Waals surface area contributed by atoms with E-state index in [4.69, 9.17) is 10.5 Å². The van der Waals surface area contributed by atoms with Crippen molar-refractivity contribution in [3.05, 3.63) is 23.5 Å². The number of amides is 5. The molecule has 1 saturated heterocycles. The van der Waals surface area contributed by atoms with E-state index in [1.165, 1.54) is 6.92 Å². The Morgan fingerprint density at radius 1 is 1.42 bits per heavy atom. The number of carbonyl (C=O) groups excluding carboxylic acids is 4. The lowest BCUT2D eigenvalue weighted by atomic mass is 9.81. The highest BCUT2D eigenvalue weighted by atomic mass is 19.1. The molecule has 1 aromatic carbocycles. The van der Waals surface area contributed by atoms with Gasteiger partial charge in [0.25, 0.3) is 11.8 Å². The van der Waals surface area contributed by atoms with Gasteiger partial charge in [-0.1, -0.05) is 0 Å². The standard InChI is InChI=1S/C14H13FN4O5/c1-5(20)17-8-3-6(15)2-7-10(8)24-9(11(16)21)4-14(7)12(22)18-13(23)19-14/h2-3,9H,4H2,1H3,(H2,16,21)(H,17,20)(H2,18,19,22,23)/t9-,14?/m1/s1. The van der Waals surface area contributed by atoms with Crippen molar-refractivity contribution in [1.29, 1.82) is 0 Å². The van der Waals surface area contributed by atoms with Crippen molar-refractivity contribution in [1.82, 2.24) is 10.6 Å². The number of primary amides is 1. The predicted octanol–water partition coefficient (Wildman–Crippen LogP) is -0.545. The maximum atomic E-state index is 14.0. The number of benzene rings is 1. The van der Waals surface area contributed by atoms with Gasteiger partial charge in [0.1, 0.15) is 11.6 Å². The fourth-order valence-corrected chi connectivity index (χ4v) is 2.88. The van der Waals surface area contributed by atoms with Crippen LogP contribution in [0.25, 0.3) is 0 Å². The van der Waals surface area contributed by atoms with E-state index in [9.17, 15) is 23.6 Å². The van der Waals surface area contributed by atoms with Gasteiger partial charge in [-0.05, 0) is 6.07 Å². The van der Waals surface area contributed by atoms with Crippen molar-refractivity contribution >= 4 is 29.4 Å². The molecule has 24 heavy (non-hydrogen) atoms. The number of nitrogens with one attached hydrogen (secondary N) is 3. The fourth-order valence-electron chi connectivity index (χ4n) is 2.88. The first-order valence-corrected chi connectivity index (χ1v) is 6.94. The second-order valence-electron chi connectivity index (χ2n) is 5.54. The zero-order valence-electron chi connectivity index (χ0n) is 12.4. The van der Waals surface area contributed by atoms with Gasteiger partial charge in [0, 0.05) is 25.0 Å². The monoisotopic (exact) mass is 336 g/mol. The van der Waals surface area contributed by atoms with E-state index in [2.05, 4.69) is 16.0 Å². The number of halogens is 1. The summed E-state index contributed by atoms with van der Waals surface area (Å²) in [5, 5.41) is 6.82. The maximum absolute atomic E-state index is 14.0. The van der Waals surface area contributed by atoms with Crippen LogP contribution >= 0.6 is 0 Å². The number of nitrogens with two attached hydrogens (primary N) is 1. The van der Waals surface area contributed by atoms with Gasteiger partial charge in [0.05, 0.1) is 5.69 Å². The second kappa shape index (κ2) is 5.18. The maximum Gasteiger partial charge on any atom is 0.322 e. The first kappa shape index (κ1) is 15.7. The summed E-state index contributed by atoms with van der Waals surface area (Å²) < 4.78 is 19.4. The number of imide groups is 1. The normalized spacial score (nSPS) is 24.7. The summed E-state index contributed by atoms with van der Waals surface area (Å²) in [6.45, 7) is 1.20. The molecule has 0 saturated carbocycles.